The normalized spacial score (nSPS) is 12.6. The maximum Gasteiger partial charge on any atom is 0.274 e. The van der Waals surface area contributed by atoms with Gasteiger partial charge in [0.15, 0.2) is 5.69 Å². The minimum atomic E-state index is -0.221. The molecule has 0 aromatic carbocycles. The Hall–Kier alpha value is -1.82. The molecule has 5 nitrogen and oxygen atoms in total. The molecule has 0 aliphatic heterocycles. The highest BCUT2D eigenvalue weighted by atomic mass is 32.1. The SMILES string of the molecule is CCn1cc(N)c(C(=O)NC(c2cccs2)C(C)C)n1. The molecular formula is C14H20N4OS. The van der Waals surface area contributed by atoms with Gasteiger partial charge in [-0.15, -0.1) is 11.3 Å². The molecule has 0 spiro atoms. The van der Waals surface area contributed by atoms with E-state index in [1.54, 1.807) is 22.2 Å². The molecule has 1 unspecified atom stereocenters. The second-order valence-electron chi connectivity index (χ2n) is 5.00. The van der Waals surface area contributed by atoms with Crippen LogP contribution >= 0.6 is 11.3 Å². The van der Waals surface area contributed by atoms with Gasteiger partial charge < -0.3 is 11.1 Å². The van der Waals surface area contributed by atoms with Crippen molar-refractivity contribution >= 4 is 22.9 Å². The zero-order valence-electron chi connectivity index (χ0n) is 12.0. The molecule has 0 aliphatic carbocycles. The summed E-state index contributed by atoms with van der Waals surface area (Å²) < 4.78 is 1.67. The van der Waals surface area contributed by atoms with E-state index in [4.69, 9.17) is 5.73 Å². The molecule has 0 bridgehead atoms. The van der Waals surface area contributed by atoms with E-state index in [1.807, 2.05) is 24.4 Å². The average molecular weight is 292 g/mol. The molecule has 108 valence electrons. The van der Waals surface area contributed by atoms with Crippen molar-refractivity contribution in [2.24, 2.45) is 5.92 Å². The Morgan fingerprint density at radius 1 is 1.55 bits per heavy atom. The first kappa shape index (κ1) is 14.6. The Bertz CT molecular complexity index is 574. The largest absolute Gasteiger partial charge is 0.396 e. The number of amides is 1. The number of nitrogen functional groups attached to an aromatic ring is 1. The quantitative estimate of drug-likeness (QED) is 0.890. The van der Waals surface area contributed by atoms with E-state index in [2.05, 4.69) is 24.3 Å². The van der Waals surface area contributed by atoms with E-state index < -0.39 is 0 Å². The molecule has 2 heterocycles. The van der Waals surface area contributed by atoms with E-state index in [1.165, 1.54) is 0 Å². The number of nitrogens with one attached hydrogen (secondary N) is 1. The molecule has 2 aromatic heterocycles. The number of anilines is 1. The zero-order chi connectivity index (χ0) is 14.7. The second kappa shape index (κ2) is 6.09. The van der Waals surface area contributed by atoms with Gasteiger partial charge >= 0.3 is 0 Å². The van der Waals surface area contributed by atoms with Crippen LogP contribution in [0.1, 0.15) is 42.2 Å². The lowest BCUT2D eigenvalue weighted by atomic mass is 10.0. The van der Waals surface area contributed by atoms with Crippen molar-refractivity contribution in [1.82, 2.24) is 15.1 Å². The number of nitrogens with zero attached hydrogens (tertiary/aromatic N) is 2. The van der Waals surface area contributed by atoms with Gasteiger partial charge in [0.1, 0.15) is 0 Å². The fourth-order valence-corrected chi connectivity index (χ4v) is 2.97. The van der Waals surface area contributed by atoms with Crippen molar-refractivity contribution in [1.29, 1.82) is 0 Å². The summed E-state index contributed by atoms with van der Waals surface area (Å²) in [4.78, 5) is 13.5. The van der Waals surface area contributed by atoms with Crippen LogP contribution in [0, 0.1) is 5.92 Å². The minimum absolute atomic E-state index is 0.0197. The van der Waals surface area contributed by atoms with E-state index >= 15 is 0 Å². The summed E-state index contributed by atoms with van der Waals surface area (Å²) in [6.45, 7) is 6.81. The van der Waals surface area contributed by atoms with Crippen molar-refractivity contribution in [3.63, 3.8) is 0 Å². The summed E-state index contributed by atoms with van der Waals surface area (Å²) >= 11 is 1.64. The number of carbonyl (C=O) groups is 1. The third-order valence-electron chi connectivity index (χ3n) is 3.13. The lowest BCUT2D eigenvalue weighted by Crippen LogP contribution is -2.32. The van der Waals surface area contributed by atoms with Crippen LogP contribution in [0.15, 0.2) is 23.7 Å². The number of hydrogen-bond donors (Lipinski definition) is 2. The third kappa shape index (κ3) is 3.01. The number of aryl methyl sites for hydroxylation is 1. The molecule has 2 rings (SSSR count). The number of rotatable bonds is 5. The highest BCUT2D eigenvalue weighted by molar-refractivity contribution is 7.10. The molecule has 0 aliphatic rings. The smallest absolute Gasteiger partial charge is 0.274 e. The summed E-state index contributed by atoms with van der Waals surface area (Å²) in [5.41, 5.74) is 6.56. The first-order valence-electron chi connectivity index (χ1n) is 6.70. The predicted molar refractivity (Wildman–Crippen MR) is 81.7 cm³/mol. The van der Waals surface area contributed by atoms with Gasteiger partial charge in [-0.1, -0.05) is 19.9 Å². The molecule has 6 heteroatoms. The highest BCUT2D eigenvalue weighted by Crippen LogP contribution is 2.26. The van der Waals surface area contributed by atoms with Gasteiger partial charge in [0, 0.05) is 17.6 Å². The third-order valence-corrected chi connectivity index (χ3v) is 4.09. The lowest BCUT2D eigenvalue weighted by molar-refractivity contribution is 0.0921. The van der Waals surface area contributed by atoms with Crippen LogP contribution in [0.5, 0.6) is 0 Å². The Kier molecular flexibility index (Phi) is 4.44. The van der Waals surface area contributed by atoms with Gasteiger partial charge in [0.2, 0.25) is 0 Å². The van der Waals surface area contributed by atoms with Gasteiger partial charge in [-0.05, 0) is 24.3 Å². The molecule has 20 heavy (non-hydrogen) atoms. The van der Waals surface area contributed by atoms with Gasteiger partial charge in [0.05, 0.1) is 11.7 Å². The molecule has 1 amide bonds. The van der Waals surface area contributed by atoms with Crippen molar-refractivity contribution in [2.45, 2.75) is 33.4 Å². The first-order valence-corrected chi connectivity index (χ1v) is 7.58. The van der Waals surface area contributed by atoms with Crippen LogP contribution < -0.4 is 11.1 Å². The van der Waals surface area contributed by atoms with E-state index in [0.29, 0.717) is 23.8 Å². The van der Waals surface area contributed by atoms with Crippen molar-refractivity contribution in [3.05, 3.63) is 34.3 Å². The summed E-state index contributed by atoms with van der Waals surface area (Å²) in [7, 11) is 0. The molecule has 0 saturated carbocycles. The standard InChI is InChI=1S/C14H20N4OS/c1-4-18-8-10(15)13(17-18)14(19)16-12(9(2)3)11-6-5-7-20-11/h5-9,12H,4,15H2,1-3H3,(H,16,19). The van der Waals surface area contributed by atoms with Crippen LogP contribution in [0.2, 0.25) is 0 Å². The van der Waals surface area contributed by atoms with Crippen LogP contribution in [0.3, 0.4) is 0 Å². The lowest BCUT2D eigenvalue weighted by Gasteiger charge is -2.20. The topological polar surface area (TPSA) is 72.9 Å². The highest BCUT2D eigenvalue weighted by Gasteiger charge is 2.22. The van der Waals surface area contributed by atoms with E-state index in [-0.39, 0.29) is 11.9 Å². The second-order valence-corrected chi connectivity index (χ2v) is 5.98. The molecule has 2 aromatic rings. The van der Waals surface area contributed by atoms with Crippen LogP contribution in [0.4, 0.5) is 5.69 Å². The maximum atomic E-state index is 12.3. The molecule has 0 fully saturated rings. The summed E-state index contributed by atoms with van der Waals surface area (Å²) in [6, 6.07) is 4.00. The average Bonchev–Trinajstić information content (AvgIpc) is 3.04. The molecule has 0 saturated heterocycles. The molecule has 3 N–H and O–H groups in total. The Labute approximate surface area is 122 Å². The van der Waals surface area contributed by atoms with Gasteiger partial charge in [0.25, 0.3) is 5.91 Å². The summed E-state index contributed by atoms with van der Waals surface area (Å²) in [5, 5.41) is 9.24. The number of aromatic nitrogens is 2. The number of nitrogens with two attached hydrogens (primary N) is 1. The molecular weight excluding hydrogens is 272 g/mol. The van der Waals surface area contributed by atoms with Crippen LogP contribution in [-0.2, 0) is 6.54 Å². The zero-order valence-corrected chi connectivity index (χ0v) is 12.8. The van der Waals surface area contributed by atoms with E-state index in [0.717, 1.165) is 4.88 Å². The fraction of sp³-hybridized carbons (Fsp3) is 0.429. The Balaban J connectivity index is 2.18. The van der Waals surface area contributed by atoms with Crippen molar-refractivity contribution in [2.75, 3.05) is 5.73 Å². The first-order chi connectivity index (χ1) is 9.52. The van der Waals surface area contributed by atoms with Gasteiger partial charge in [-0.2, -0.15) is 5.10 Å². The number of thiophene rings is 1. The maximum absolute atomic E-state index is 12.3. The van der Waals surface area contributed by atoms with E-state index in [9.17, 15) is 4.79 Å². The fourth-order valence-electron chi connectivity index (χ4n) is 2.02. The van der Waals surface area contributed by atoms with Gasteiger partial charge in [-0.25, -0.2) is 0 Å². The monoisotopic (exact) mass is 292 g/mol. The Morgan fingerprint density at radius 2 is 2.30 bits per heavy atom. The number of hydrogen-bond acceptors (Lipinski definition) is 4. The van der Waals surface area contributed by atoms with Crippen LogP contribution in [-0.4, -0.2) is 15.7 Å². The number of carbonyl (C=O) groups excluding carboxylic acids is 1. The predicted octanol–water partition coefficient (Wildman–Crippen LogP) is 2.67. The van der Waals surface area contributed by atoms with Crippen LogP contribution in [0.25, 0.3) is 0 Å². The Morgan fingerprint density at radius 3 is 2.80 bits per heavy atom. The van der Waals surface area contributed by atoms with Crippen molar-refractivity contribution < 1.29 is 4.79 Å². The van der Waals surface area contributed by atoms with Crippen molar-refractivity contribution in [3.8, 4) is 0 Å². The molecule has 0 radical (unpaired) electrons. The molecule has 1 atom stereocenters. The minimum Gasteiger partial charge on any atom is -0.396 e. The summed E-state index contributed by atoms with van der Waals surface area (Å²) in [5.74, 6) is 0.0777. The van der Waals surface area contributed by atoms with Gasteiger partial charge in [-0.3, -0.25) is 9.48 Å². The summed E-state index contributed by atoms with van der Waals surface area (Å²) in [6.07, 6.45) is 1.68.